The average molecular weight is 341 g/mol. The maximum atomic E-state index is 12.0. The molecule has 0 atom stereocenters. The highest BCUT2D eigenvalue weighted by Gasteiger charge is 2.05. The minimum atomic E-state index is -0.167. The highest BCUT2D eigenvalue weighted by molar-refractivity contribution is 6.42. The largest absolute Gasteiger partial charge is 0.362 e. The van der Waals surface area contributed by atoms with Crippen LogP contribution >= 0.6 is 34.8 Å². The van der Waals surface area contributed by atoms with Gasteiger partial charge in [-0.2, -0.15) is 0 Å². The van der Waals surface area contributed by atoms with Crippen molar-refractivity contribution < 1.29 is 4.79 Å². The molecule has 2 rings (SSSR count). The van der Waals surface area contributed by atoms with Gasteiger partial charge < -0.3 is 5.32 Å². The standard InChI is InChI=1S/C16H12Cl3NO/c1-10-2-4-12(9-14(10)18)20-7-6-16(21)11-3-5-13(17)15(19)8-11/h2-9,20H,1H3/b7-6-. The fourth-order valence-corrected chi connectivity index (χ4v) is 2.12. The van der Waals surface area contributed by atoms with Crippen LogP contribution in [0.3, 0.4) is 0 Å². The summed E-state index contributed by atoms with van der Waals surface area (Å²) in [6.07, 6.45) is 2.99. The molecule has 2 aromatic rings. The summed E-state index contributed by atoms with van der Waals surface area (Å²) in [5.41, 5.74) is 2.28. The van der Waals surface area contributed by atoms with Gasteiger partial charge in [-0.25, -0.2) is 0 Å². The third-order valence-electron chi connectivity index (χ3n) is 2.86. The normalized spacial score (nSPS) is 10.9. The third kappa shape index (κ3) is 4.24. The van der Waals surface area contributed by atoms with E-state index in [2.05, 4.69) is 5.32 Å². The Morgan fingerprint density at radius 2 is 1.76 bits per heavy atom. The van der Waals surface area contributed by atoms with E-state index in [4.69, 9.17) is 34.8 Å². The highest BCUT2D eigenvalue weighted by atomic mass is 35.5. The minimum absolute atomic E-state index is 0.167. The Bertz CT molecular complexity index is 711. The number of benzene rings is 2. The molecule has 0 saturated carbocycles. The van der Waals surface area contributed by atoms with E-state index < -0.39 is 0 Å². The molecular weight excluding hydrogens is 329 g/mol. The summed E-state index contributed by atoms with van der Waals surface area (Å²) in [6, 6.07) is 10.3. The molecule has 5 heteroatoms. The summed E-state index contributed by atoms with van der Waals surface area (Å²) < 4.78 is 0. The lowest BCUT2D eigenvalue weighted by Gasteiger charge is -2.03. The molecule has 0 heterocycles. The monoisotopic (exact) mass is 339 g/mol. The summed E-state index contributed by atoms with van der Waals surface area (Å²) >= 11 is 17.7. The van der Waals surface area contributed by atoms with E-state index in [1.165, 1.54) is 6.08 Å². The summed E-state index contributed by atoms with van der Waals surface area (Å²) in [5.74, 6) is -0.167. The number of ketones is 1. The van der Waals surface area contributed by atoms with Crippen LogP contribution in [0.25, 0.3) is 0 Å². The van der Waals surface area contributed by atoms with E-state index in [0.717, 1.165) is 11.3 Å². The topological polar surface area (TPSA) is 29.1 Å². The second-order valence-electron chi connectivity index (χ2n) is 4.43. The van der Waals surface area contributed by atoms with Crippen LogP contribution in [0.15, 0.2) is 48.7 Å². The zero-order chi connectivity index (χ0) is 15.4. The number of carbonyl (C=O) groups excluding carboxylic acids is 1. The Kier molecular flexibility index (Phi) is 5.29. The Hall–Kier alpha value is -1.48. The van der Waals surface area contributed by atoms with Gasteiger partial charge in [-0.05, 0) is 42.8 Å². The van der Waals surface area contributed by atoms with E-state index in [-0.39, 0.29) is 5.78 Å². The zero-order valence-corrected chi connectivity index (χ0v) is 13.4. The zero-order valence-electron chi connectivity index (χ0n) is 11.2. The number of anilines is 1. The highest BCUT2D eigenvalue weighted by Crippen LogP contribution is 2.23. The molecule has 0 aliphatic heterocycles. The van der Waals surface area contributed by atoms with E-state index in [0.29, 0.717) is 20.6 Å². The van der Waals surface area contributed by atoms with Gasteiger partial charge in [0.25, 0.3) is 0 Å². The van der Waals surface area contributed by atoms with Gasteiger partial charge in [0.05, 0.1) is 10.0 Å². The van der Waals surface area contributed by atoms with Crippen molar-refractivity contribution in [1.82, 2.24) is 0 Å². The second-order valence-corrected chi connectivity index (χ2v) is 5.66. The number of aryl methyl sites for hydroxylation is 1. The smallest absolute Gasteiger partial charge is 0.187 e. The number of allylic oxidation sites excluding steroid dienone is 1. The van der Waals surface area contributed by atoms with Gasteiger partial charge in [0.1, 0.15) is 0 Å². The molecule has 21 heavy (non-hydrogen) atoms. The molecule has 0 fully saturated rings. The van der Waals surface area contributed by atoms with Gasteiger partial charge in [-0.3, -0.25) is 4.79 Å². The number of carbonyl (C=O) groups is 1. The molecular formula is C16H12Cl3NO. The molecule has 0 spiro atoms. The van der Waals surface area contributed by atoms with Gasteiger partial charge in [-0.15, -0.1) is 0 Å². The first kappa shape index (κ1) is 15.9. The van der Waals surface area contributed by atoms with E-state index in [1.54, 1.807) is 30.5 Å². The van der Waals surface area contributed by atoms with Crippen molar-refractivity contribution in [3.8, 4) is 0 Å². The molecule has 2 nitrogen and oxygen atoms in total. The first-order chi connectivity index (χ1) is 9.97. The summed E-state index contributed by atoms with van der Waals surface area (Å²) in [5, 5.41) is 4.44. The molecule has 0 saturated heterocycles. The van der Waals surface area contributed by atoms with Crippen molar-refractivity contribution in [1.29, 1.82) is 0 Å². The number of rotatable bonds is 4. The van der Waals surface area contributed by atoms with Crippen molar-refractivity contribution in [2.45, 2.75) is 6.92 Å². The average Bonchev–Trinajstić information content (AvgIpc) is 2.45. The Morgan fingerprint density at radius 1 is 1.00 bits per heavy atom. The Balaban J connectivity index is 2.04. The van der Waals surface area contributed by atoms with Gasteiger partial charge in [0, 0.05) is 28.5 Å². The van der Waals surface area contributed by atoms with Crippen LogP contribution in [0, 0.1) is 6.92 Å². The third-order valence-corrected chi connectivity index (χ3v) is 4.01. The lowest BCUT2D eigenvalue weighted by Crippen LogP contribution is -1.96. The van der Waals surface area contributed by atoms with Gasteiger partial charge >= 0.3 is 0 Å². The van der Waals surface area contributed by atoms with E-state index in [1.807, 2.05) is 19.1 Å². The Morgan fingerprint density at radius 3 is 2.43 bits per heavy atom. The molecule has 0 aromatic heterocycles. The number of hydrogen-bond acceptors (Lipinski definition) is 2. The number of halogens is 3. The number of hydrogen-bond donors (Lipinski definition) is 1. The predicted molar refractivity (Wildman–Crippen MR) is 89.7 cm³/mol. The molecule has 0 bridgehead atoms. The summed E-state index contributed by atoms with van der Waals surface area (Å²) in [4.78, 5) is 12.0. The van der Waals surface area contributed by atoms with Crippen LogP contribution in [0.1, 0.15) is 15.9 Å². The molecule has 1 N–H and O–H groups in total. The van der Waals surface area contributed by atoms with Crippen LogP contribution in [0.5, 0.6) is 0 Å². The van der Waals surface area contributed by atoms with Crippen LogP contribution in [0.4, 0.5) is 5.69 Å². The molecule has 2 aromatic carbocycles. The molecule has 0 amide bonds. The van der Waals surface area contributed by atoms with Crippen LogP contribution in [-0.2, 0) is 0 Å². The fraction of sp³-hybridized carbons (Fsp3) is 0.0625. The van der Waals surface area contributed by atoms with Crippen LogP contribution in [0.2, 0.25) is 15.1 Å². The summed E-state index contributed by atoms with van der Waals surface area (Å²) in [6.45, 7) is 1.93. The predicted octanol–water partition coefficient (Wildman–Crippen LogP) is 5.76. The van der Waals surface area contributed by atoms with E-state index >= 15 is 0 Å². The maximum Gasteiger partial charge on any atom is 0.187 e. The Labute approximate surface area is 138 Å². The van der Waals surface area contributed by atoms with Crippen molar-refractivity contribution in [3.05, 3.63) is 74.9 Å². The van der Waals surface area contributed by atoms with Crippen molar-refractivity contribution >= 4 is 46.3 Å². The number of nitrogens with one attached hydrogen (secondary N) is 1. The SMILES string of the molecule is Cc1ccc(N/C=C\C(=O)c2ccc(Cl)c(Cl)c2)cc1Cl. The maximum absolute atomic E-state index is 12.0. The van der Waals surface area contributed by atoms with Crippen molar-refractivity contribution in [3.63, 3.8) is 0 Å². The molecule has 0 aliphatic rings. The van der Waals surface area contributed by atoms with Crippen LogP contribution in [-0.4, -0.2) is 5.78 Å². The fourth-order valence-electron chi connectivity index (χ4n) is 1.64. The van der Waals surface area contributed by atoms with Gasteiger partial charge in [0.15, 0.2) is 5.78 Å². The molecule has 108 valence electrons. The van der Waals surface area contributed by atoms with Crippen LogP contribution < -0.4 is 5.32 Å². The van der Waals surface area contributed by atoms with Gasteiger partial charge in [0.2, 0.25) is 0 Å². The lowest BCUT2D eigenvalue weighted by molar-refractivity contribution is 0.104. The summed E-state index contributed by atoms with van der Waals surface area (Å²) in [7, 11) is 0. The van der Waals surface area contributed by atoms with Gasteiger partial charge in [-0.1, -0.05) is 40.9 Å². The molecule has 0 unspecified atom stereocenters. The minimum Gasteiger partial charge on any atom is -0.362 e. The molecule has 0 radical (unpaired) electrons. The van der Waals surface area contributed by atoms with Crippen molar-refractivity contribution in [2.24, 2.45) is 0 Å². The second kappa shape index (κ2) is 6.99. The first-order valence-corrected chi connectivity index (χ1v) is 7.29. The first-order valence-electron chi connectivity index (χ1n) is 6.16. The van der Waals surface area contributed by atoms with E-state index in [9.17, 15) is 4.79 Å². The quantitative estimate of drug-likeness (QED) is 0.566. The van der Waals surface area contributed by atoms with Crippen molar-refractivity contribution in [2.75, 3.05) is 5.32 Å². The lowest BCUT2D eigenvalue weighted by atomic mass is 10.1. The molecule has 0 aliphatic carbocycles.